The molecule has 4 rings (SSSR count). The number of fused-ring (bicyclic) bond motifs is 1. The average molecular weight is 252 g/mol. The lowest BCUT2D eigenvalue weighted by Gasteiger charge is -2.41. The average Bonchev–Trinajstić information content (AvgIpc) is 2.85. The van der Waals surface area contributed by atoms with Crippen LogP contribution in [-0.2, 0) is 0 Å². The van der Waals surface area contributed by atoms with Gasteiger partial charge in [0, 0.05) is 11.8 Å². The fraction of sp³-hybridized carbons (Fsp3) is 0.474. The van der Waals surface area contributed by atoms with Gasteiger partial charge in [-0.15, -0.1) is 0 Å². The summed E-state index contributed by atoms with van der Waals surface area (Å²) >= 11 is 0. The zero-order valence-corrected chi connectivity index (χ0v) is 12.7. The van der Waals surface area contributed by atoms with Crippen molar-refractivity contribution in [3.05, 3.63) is 58.7 Å². The third kappa shape index (κ3) is 1.81. The predicted molar refractivity (Wildman–Crippen MR) is 82.1 cm³/mol. The van der Waals surface area contributed by atoms with Gasteiger partial charge in [-0.2, -0.15) is 0 Å². The second-order valence-electron chi connectivity index (χ2n) is 7.32. The standard InChI is InChI=1S/C19H24/c1-12(2)14-11-15-16(13-9-7-6-8-10-13)17(14)18(15)19(3,4)5/h6-12,14,16H,1-5H3. The molecule has 2 unspecified atom stereocenters. The summed E-state index contributed by atoms with van der Waals surface area (Å²) in [5, 5.41) is 0. The summed E-state index contributed by atoms with van der Waals surface area (Å²) < 4.78 is 0. The van der Waals surface area contributed by atoms with E-state index in [1.807, 2.05) is 0 Å². The van der Waals surface area contributed by atoms with Gasteiger partial charge in [0.15, 0.2) is 0 Å². The molecule has 2 bridgehead atoms. The monoisotopic (exact) mass is 252 g/mol. The largest absolute Gasteiger partial charge is 0.0726 e. The molecule has 19 heavy (non-hydrogen) atoms. The molecule has 0 aromatic heterocycles. The summed E-state index contributed by atoms with van der Waals surface area (Å²) in [5.41, 5.74) is 6.70. The van der Waals surface area contributed by atoms with Gasteiger partial charge in [-0.05, 0) is 33.6 Å². The van der Waals surface area contributed by atoms with Gasteiger partial charge in [0.05, 0.1) is 0 Å². The summed E-state index contributed by atoms with van der Waals surface area (Å²) in [6.45, 7) is 11.7. The summed E-state index contributed by atoms with van der Waals surface area (Å²) in [7, 11) is 0. The summed E-state index contributed by atoms with van der Waals surface area (Å²) in [6.07, 6.45) is 2.54. The van der Waals surface area contributed by atoms with Gasteiger partial charge in [0.25, 0.3) is 0 Å². The molecule has 0 spiro atoms. The lowest BCUT2D eigenvalue weighted by Crippen LogP contribution is -2.27. The first-order valence-electron chi connectivity index (χ1n) is 7.43. The van der Waals surface area contributed by atoms with Gasteiger partial charge in [-0.1, -0.05) is 71.0 Å². The van der Waals surface area contributed by atoms with Gasteiger partial charge in [0.1, 0.15) is 0 Å². The molecule has 0 aliphatic heterocycles. The lowest BCUT2D eigenvalue weighted by molar-refractivity contribution is 0.453. The Bertz CT molecular complexity index is 549. The fourth-order valence-electron chi connectivity index (χ4n) is 3.79. The smallest absolute Gasteiger partial charge is 0.0311 e. The second kappa shape index (κ2) is 4.10. The fourth-order valence-corrected chi connectivity index (χ4v) is 3.79. The Morgan fingerprint density at radius 3 is 2.11 bits per heavy atom. The van der Waals surface area contributed by atoms with Crippen LogP contribution >= 0.6 is 0 Å². The van der Waals surface area contributed by atoms with E-state index in [-0.39, 0.29) is 5.41 Å². The highest BCUT2D eigenvalue weighted by atomic mass is 14.5. The predicted octanol–water partition coefficient (Wildman–Crippen LogP) is 5.34. The van der Waals surface area contributed by atoms with Gasteiger partial charge >= 0.3 is 0 Å². The summed E-state index contributed by atoms with van der Waals surface area (Å²) in [5.74, 6) is 1.95. The van der Waals surface area contributed by atoms with Crippen molar-refractivity contribution in [1.29, 1.82) is 0 Å². The Labute approximate surface area is 117 Å². The Morgan fingerprint density at radius 1 is 1.00 bits per heavy atom. The second-order valence-corrected chi connectivity index (χ2v) is 7.32. The quantitative estimate of drug-likeness (QED) is 0.666. The molecule has 3 aliphatic rings. The Kier molecular flexibility index (Phi) is 2.74. The molecular formula is C19H24. The van der Waals surface area contributed by atoms with E-state index < -0.39 is 0 Å². The van der Waals surface area contributed by atoms with Crippen LogP contribution < -0.4 is 0 Å². The molecular weight excluding hydrogens is 228 g/mol. The van der Waals surface area contributed by atoms with Crippen LogP contribution in [0.25, 0.3) is 0 Å². The molecule has 0 saturated heterocycles. The maximum Gasteiger partial charge on any atom is 0.0311 e. The molecule has 0 nitrogen and oxygen atoms in total. The first-order chi connectivity index (χ1) is 8.91. The third-order valence-electron chi connectivity index (χ3n) is 4.52. The first kappa shape index (κ1) is 12.7. The summed E-state index contributed by atoms with van der Waals surface area (Å²) in [4.78, 5) is 0. The van der Waals surface area contributed by atoms with Crippen molar-refractivity contribution in [3.8, 4) is 0 Å². The molecule has 0 N–H and O–H groups in total. The van der Waals surface area contributed by atoms with Crippen molar-refractivity contribution in [1.82, 2.24) is 0 Å². The molecule has 0 radical (unpaired) electrons. The molecule has 100 valence electrons. The normalized spacial score (nSPS) is 25.7. The number of rotatable bonds is 2. The van der Waals surface area contributed by atoms with Gasteiger partial charge in [-0.3, -0.25) is 0 Å². The van der Waals surface area contributed by atoms with E-state index in [4.69, 9.17) is 0 Å². The number of hydrogen-bond donors (Lipinski definition) is 0. The molecule has 1 aromatic rings. The zero-order valence-electron chi connectivity index (χ0n) is 12.7. The number of hydrogen-bond acceptors (Lipinski definition) is 0. The van der Waals surface area contributed by atoms with Crippen molar-refractivity contribution in [2.24, 2.45) is 17.3 Å². The van der Waals surface area contributed by atoms with Crippen molar-refractivity contribution >= 4 is 0 Å². The van der Waals surface area contributed by atoms with Crippen LogP contribution in [0.15, 0.2) is 53.1 Å². The minimum Gasteiger partial charge on any atom is -0.0726 e. The molecule has 1 aromatic carbocycles. The van der Waals surface area contributed by atoms with Crippen molar-refractivity contribution in [3.63, 3.8) is 0 Å². The molecule has 0 fully saturated rings. The van der Waals surface area contributed by atoms with E-state index in [1.165, 1.54) is 5.56 Å². The third-order valence-corrected chi connectivity index (χ3v) is 4.52. The number of benzene rings is 1. The van der Waals surface area contributed by atoms with Crippen LogP contribution in [0.4, 0.5) is 0 Å². The maximum atomic E-state index is 2.54. The van der Waals surface area contributed by atoms with E-state index >= 15 is 0 Å². The van der Waals surface area contributed by atoms with E-state index in [0.29, 0.717) is 17.8 Å². The van der Waals surface area contributed by atoms with E-state index in [0.717, 1.165) is 0 Å². The summed E-state index contributed by atoms with van der Waals surface area (Å²) in [6, 6.07) is 11.0. The van der Waals surface area contributed by atoms with Crippen LogP contribution in [0.2, 0.25) is 0 Å². The first-order valence-corrected chi connectivity index (χ1v) is 7.43. The van der Waals surface area contributed by atoms with Crippen LogP contribution in [0, 0.1) is 17.3 Å². The van der Waals surface area contributed by atoms with Crippen molar-refractivity contribution in [2.45, 2.75) is 40.5 Å². The molecule has 2 atom stereocenters. The highest BCUT2D eigenvalue weighted by Gasteiger charge is 2.49. The van der Waals surface area contributed by atoms with Crippen molar-refractivity contribution in [2.75, 3.05) is 0 Å². The molecule has 3 aliphatic carbocycles. The highest BCUT2D eigenvalue weighted by molar-refractivity contribution is 5.68. The lowest BCUT2D eigenvalue weighted by atomic mass is 9.63. The number of allylic oxidation sites excluding steroid dienone is 4. The van der Waals surface area contributed by atoms with Crippen molar-refractivity contribution < 1.29 is 0 Å². The van der Waals surface area contributed by atoms with Crippen LogP contribution in [0.5, 0.6) is 0 Å². The van der Waals surface area contributed by atoms with E-state index in [1.54, 1.807) is 16.7 Å². The minimum atomic E-state index is 0.288. The van der Waals surface area contributed by atoms with Gasteiger partial charge in [0.2, 0.25) is 0 Å². The molecule has 0 heteroatoms. The topological polar surface area (TPSA) is 0 Å². The Balaban J connectivity index is 2.05. The SMILES string of the molecule is CC(C)C1C=C2C(C(C)(C)C)=C1C2c1ccccc1. The highest BCUT2D eigenvalue weighted by Crippen LogP contribution is 2.62. The van der Waals surface area contributed by atoms with Gasteiger partial charge in [-0.25, -0.2) is 0 Å². The Morgan fingerprint density at radius 2 is 1.63 bits per heavy atom. The molecule has 0 saturated carbocycles. The minimum absolute atomic E-state index is 0.288. The van der Waals surface area contributed by atoms with E-state index in [9.17, 15) is 0 Å². The van der Waals surface area contributed by atoms with E-state index in [2.05, 4.69) is 71.0 Å². The Hall–Kier alpha value is -1.30. The maximum absolute atomic E-state index is 2.54. The zero-order chi connectivity index (χ0) is 13.8. The molecule has 0 heterocycles. The van der Waals surface area contributed by atoms with Crippen LogP contribution in [-0.4, -0.2) is 0 Å². The van der Waals surface area contributed by atoms with Crippen LogP contribution in [0.3, 0.4) is 0 Å². The van der Waals surface area contributed by atoms with Gasteiger partial charge < -0.3 is 0 Å². The molecule has 0 amide bonds. The van der Waals surface area contributed by atoms with Crippen LogP contribution in [0.1, 0.15) is 46.1 Å².